The Morgan fingerprint density at radius 3 is 2.97 bits per heavy atom. The van der Waals surface area contributed by atoms with E-state index in [-0.39, 0.29) is 24.9 Å². The van der Waals surface area contributed by atoms with Crippen molar-refractivity contribution in [2.75, 3.05) is 5.32 Å². The SMILES string of the molecule is O=C(Cn1nc2c(c1NC(=O)c1cc(Br)ccc1Cl)CSC2)NCc1ccco1. The molecule has 10 heteroatoms. The summed E-state index contributed by atoms with van der Waals surface area (Å²) >= 11 is 11.2. The van der Waals surface area contributed by atoms with Crippen LogP contribution in [0.5, 0.6) is 0 Å². The van der Waals surface area contributed by atoms with Gasteiger partial charge in [-0.1, -0.05) is 27.5 Å². The monoisotopic (exact) mass is 494 g/mol. The van der Waals surface area contributed by atoms with Gasteiger partial charge in [0.1, 0.15) is 18.1 Å². The maximum Gasteiger partial charge on any atom is 0.258 e. The molecule has 0 saturated carbocycles. The molecule has 3 heterocycles. The van der Waals surface area contributed by atoms with Crippen LogP contribution in [0.4, 0.5) is 5.82 Å². The van der Waals surface area contributed by atoms with Crippen molar-refractivity contribution in [1.82, 2.24) is 15.1 Å². The van der Waals surface area contributed by atoms with E-state index in [1.54, 1.807) is 48.4 Å². The molecule has 0 unspecified atom stereocenters. The summed E-state index contributed by atoms with van der Waals surface area (Å²) < 4.78 is 7.50. The number of hydrogen-bond acceptors (Lipinski definition) is 5. The molecule has 0 saturated heterocycles. The van der Waals surface area contributed by atoms with Crippen molar-refractivity contribution < 1.29 is 14.0 Å². The second-order valence-corrected chi connectivity index (χ2v) is 8.67. The number of furan rings is 1. The number of nitrogens with one attached hydrogen (secondary N) is 2. The number of carbonyl (C=O) groups is 2. The van der Waals surface area contributed by atoms with Crippen LogP contribution in [0.2, 0.25) is 5.02 Å². The molecule has 1 aliphatic heterocycles. The number of hydrogen-bond donors (Lipinski definition) is 2. The fourth-order valence-electron chi connectivity index (χ4n) is 2.96. The number of halogens is 2. The Morgan fingerprint density at radius 1 is 1.31 bits per heavy atom. The number of anilines is 1. The molecule has 0 aliphatic carbocycles. The summed E-state index contributed by atoms with van der Waals surface area (Å²) in [7, 11) is 0. The third-order valence-electron chi connectivity index (χ3n) is 4.36. The molecule has 0 spiro atoms. The normalized spacial score (nSPS) is 12.6. The molecule has 4 rings (SSSR count). The number of nitrogens with zero attached hydrogens (tertiary/aromatic N) is 2. The number of fused-ring (bicyclic) bond motifs is 1. The number of thioether (sulfide) groups is 1. The van der Waals surface area contributed by atoms with Crippen LogP contribution in [0, 0.1) is 0 Å². The van der Waals surface area contributed by atoms with E-state index in [0.29, 0.717) is 22.2 Å². The molecule has 150 valence electrons. The quantitative estimate of drug-likeness (QED) is 0.535. The zero-order valence-corrected chi connectivity index (χ0v) is 18.2. The molecule has 29 heavy (non-hydrogen) atoms. The number of aromatic nitrogens is 2. The van der Waals surface area contributed by atoms with Crippen LogP contribution in [0.15, 0.2) is 45.5 Å². The van der Waals surface area contributed by atoms with Crippen LogP contribution in [0.25, 0.3) is 0 Å². The van der Waals surface area contributed by atoms with Gasteiger partial charge in [-0.15, -0.1) is 0 Å². The van der Waals surface area contributed by atoms with Crippen molar-refractivity contribution >= 4 is 56.9 Å². The predicted octanol–water partition coefficient (Wildman–Crippen LogP) is 4.21. The van der Waals surface area contributed by atoms with Crippen LogP contribution in [0.1, 0.15) is 27.4 Å². The molecule has 0 atom stereocenters. The second-order valence-electron chi connectivity index (χ2n) is 6.36. The minimum absolute atomic E-state index is 0.0137. The molecule has 7 nitrogen and oxygen atoms in total. The largest absolute Gasteiger partial charge is 0.467 e. The lowest BCUT2D eigenvalue weighted by atomic mass is 10.2. The molecule has 0 radical (unpaired) electrons. The Morgan fingerprint density at radius 2 is 2.17 bits per heavy atom. The Bertz CT molecular complexity index is 1070. The van der Waals surface area contributed by atoms with Gasteiger partial charge in [-0.05, 0) is 30.3 Å². The highest BCUT2D eigenvalue weighted by Crippen LogP contribution is 2.35. The molecule has 2 N–H and O–H groups in total. The topological polar surface area (TPSA) is 89.2 Å². The average Bonchev–Trinajstić information content (AvgIpc) is 3.42. The van der Waals surface area contributed by atoms with Crippen molar-refractivity contribution in [3.63, 3.8) is 0 Å². The van der Waals surface area contributed by atoms with E-state index in [1.807, 2.05) is 0 Å². The third-order valence-corrected chi connectivity index (χ3v) is 6.15. The molecule has 2 amide bonds. The van der Waals surface area contributed by atoms with Crippen molar-refractivity contribution in [1.29, 1.82) is 0 Å². The van der Waals surface area contributed by atoms with E-state index in [2.05, 4.69) is 31.7 Å². The minimum atomic E-state index is -0.354. The second kappa shape index (κ2) is 8.64. The first-order valence-electron chi connectivity index (χ1n) is 8.73. The first-order chi connectivity index (χ1) is 14.0. The van der Waals surface area contributed by atoms with Crippen LogP contribution in [0.3, 0.4) is 0 Å². The molecular formula is C19H16BrClN4O3S. The summed E-state index contributed by atoms with van der Waals surface area (Å²) in [6.45, 7) is 0.276. The van der Waals surface area contributed by atoms with E-state index in [1.165, 1.54) is 4.68 Å². The van der Waals surface area contributed by atoms with Crippen LogP contribution >= 0.6 is 39.3 Å². The number of rotatable bonds is 6. The molecule has 2 aromatic heterocycles. The highest BCUT2D eigenvalue weighted by Gasteiger charge is 2.25. The van der Waals surface area contributed by atoms with Gasteiger partial charge in [0.15, 0.2) is 0 Å². The summed E-state index contributed by atoms with van der Waals surface area (Å²) in [6, 6.07) is 8.62. The van der Waals surface area contributed by atoms with E-state index in [4.69, 9.17) is 16.0 Å². The van der Waals surface area contributed by atoms with E-state index < -0.39 is 0 Å². The summed E-state index contributed by atoms with van der Waals surface area (Å²) in [5.74, 6) is 2.08. The third kappa shape index (κ3) is 4.52. The van der Waals surface area contributed by atoms with Gasteiger partial charge >= 0.3 is 0 Å². The lowest BCUT2D eigenvalue weighted by Crippen LogP contribution is -2.28. The maximum absolute atomic E-state index is 12.8. The van der Waals surface area contributed by atoms with Gasteiger partial charge in [0.05, 0.1) is 29.1 Å². The van der Waals surface area contributed by atoms with Crippen molar-refractivity contribution in [3.05, 3.63) is 68.7 Å². The Balaban J connectivity index is 1.52. The lowest BCUT2D eigenvalue weighted by molar-refractivity contribution is -0.122. The van der Waals surface area contributed by atoms with E-state index >= 15 is 0 Å². The van der Waals surface area contributed by atoms with Gasteiger partial charge in [0.25, 0.3) is 5.91 Å². The van der Waals surface area contributed by atoms with Crippen molar-refractivity contribution in [2.45, 2.75) is 24.6 Å². The van der Waals surface area contributed by atoms with Gasteiger partial charge in [-0.3, -0.25) is 9.59 Å². The Labute approximate surface area is 184 Å². The summed E-state index contributed by atoms with van der Waals surface area (Å²) in [5, 5.41) is 10.5. The summed E-state index contributed by atoms with van der Waals surface area (Å²) in [5.41, 5.74) is 2.16. The van der Waals surface area contributed by atoms with Crippen molar-refractivity contribution in [3.8, 4) is 0 Å². The molecule has 1 aliphatic rings. The zero-order valence-electron chi connectivity index (χ0n) is 15.1. The molecule has 3 aromatic rings. The molecular weight excluding hydrogens is 480 g/mol. The minimum Gasteiger partial charge on any atom is -0.467 e. The van der Waals surface area contributed by atoms with Crippen molar-refractivity contribution in [2.24, 2.45) is 0 Å². The van der Waals surface area contributed by atoms with Crippen LogP contribution < -0.4 is 10.6 Å². The van der Waals surface area contributed by atoms with Gasteiger partial charge in [-0.2, -0.15) is 16.9 Å². The highest BCUT2D eigenvalue weighted by molar-refractivity contribution is 9.10. The summed E-state index contributed by atoms with van der Waals surface area (Å²) in [6.07, 6.45) is 1.55. The number of benzene rings is 1. The van der Waals surface area contributed by atoms with Gasteiger partial charge < -0.3 is 15.1 Å². The smallest absolute Gasteiger partial charge is 0.258 e. The van der Waals surface area contributed by atoms with E-state index in [9.17, 15) is 9.59 Å². The fraction of sp³-hybridized carbons (Fsp3) is 0.211. The fourth-order valence-corrected chi connectivity index (χ4v) is 4.56. The standard InChI is InChI=1S/C19H16BrClN4O3S/c20-11-3-4-15(21)13(6-11)19(27)23-18-14-9-29-10-16(14)24-25(18)8-17(26)22-7-12-2-1-5-28-12/h1-6H,7-10H2,(H,22,26)(H,23,27). The van der Waals surface area contributed by atoms with Gasteiger partial charge in [-0.25, -0.2) is 4.68 Å². The molecule has 0 bridgehead atoms. The summed E-state index contributed by atoms with van der Waals surface area (Å²) in [4.78, 5) is 25.2. The van der Waals surface area contributed by atoms with Crippen LogP contribution in [-0.4, -0.2) is 21.6 Å². The average molecular weight is 496 g/mol. The Kier molecular flexibility index (Phi) is 5.98. The van der Waals surface area contributed by atoms with E-state index in [0.717, 1.165) is 27.2 Å². The predicted molar refractivity (Wildman–Crippen MR) is 115 cm³/mol. The number of amides is 2. The highest BCUT2D eigenvalue weighted by atomic mass is 79.9. The maximum atomic E-state index is 12.8. The Hall–Kier alpha value is -2.23. The molecule has 0 fully saturated rings. The lowest BCUT2D eigenvalue weighted by Gasteiger charge is -2.12. The molecule has 1 aromatic carbocycles. The first-order valence-corrected chi connectivity index (χ1v) is 11.1. The van der Waals surface area contributed by atoms with Gasteiger partial charge in [0.2, 0.25) is 5.91 Å². The van der Waals surface area contributed by atoms with Crippen LogP contribution in [-0.2, 0) is 29.4 Å². The number of carbonyl (C=O) groups excluding carboxylic acids is 2. The van der Waals surface area contributed by atoms with Gasteiger partial charge in [0, 0.05) is 21.5 Å². The zero-order chi connectivity index (χ0) is 20.4. The first kappa shape index (κ1) is 20.1.